The normalized spacial score (nSPS) is 25.5. The van der Waals surface area contributed by atoms with Crippen LogP contribution in [0.25, 0.3) is 0 Å². The maximum Gasteiger partial charge on any atom is 0.250 e. The van der Waals surface area contributed by atoms with Gasteiger partial charge in [0.1, 0.15) is 5.54 Å². The van der Waals surface area contributed by atoms with Gasteiger partial charge in [-0.2, -0.15) is 0 Å². The number of likely N-dealkylation sites (tertiary alicyclic amines) is 1. The van der Waals surface area contributed by atoms with E-state index in [0.717, 1.165) is 11.1 Å². The number of fused-ring (bicyclic) bond motifs is 4. The molecule has 3 aliphatic rings. The third kappa shape index (κ3) is 3.90. The van der Waals surface area contributed by atoms with Gasteiger partial charge < -0.3 is 20.5 Å². The van der Waals surface area contributed by atoms with Crippen LogP contribution in [0.4, 0.5) is 5.69 Å². The van der Waals surface area contributed by atoms with Gasteiger partial charge in [-0.05, 0) is 49.1 Å². The average Bonchev–Trinajstić information content (AvgIpc) is 3.46. The molecule has 2 aromatic rings. The van der Waals surface area contributed by atoms with E-state index in [1.54, 1.807) is 25.3 Å². The van der Waals surface area contributed by atoms with Crippen molar-refractivity contribution in [3.05, 3.63) is 52.0 Å². The van der Waals surface area contributed by atoms with E-state index in [1.165, 1.54) is 12.0 Å². The Labute approximate surface area is 224 Å². The lowest BCUT2D eigenvalue weighted by atomic mass is 9.76. The number of halogens is 1. The molecular formula is C27H29ClN4O6. The molecule has 0 bridgehead atoms. The van der Waals surface area contributed by atoms with E-state index in [9.17, 15) is 19.2 Å². The first kappa shape index (κ1) is 26.0. The molecule has 1 spiro atoms. The summed E-state index contributed by atoms with van der Waals surface area (Å²) in [4.78, 5) is 54.1. The number of nitrogens with zero attached hydrogens (tertiary/aromatic N) is 1. The molecule has 4 amide bonds. The van der Waals surface area contributed by atoms with E-state index in [2.05, 4.69) is 10.6 Å². The Hall–Kier alpha value is -3.63. The fraction of sp³-hybridized carbons (Fsp3) is 0.407. The lowest BCUT2D eigenvalue weighted by Crippen LogP contribution is -2.53. The molecule has 2 saturated heterocycles. The minimum Gasteiger partial charge on any atom is -0.493 e. The second kappa shape index (κ2) is 9.59. The van der Waals surface area contributed by atoms with Crippen LogP contribution < -0.4 is 25.8 Å². The molecule has 0 aromatic heterocycles. The van der Waals surface area contributed by atoms with Crippen LogP contribution in [0.3, 0.4) is 0 Å². The quantitative estimate of drug-likeness (QED) is 0.434. The lowest BCUT2D eigenvalue weighted by Gasteiger charge is -2.29. The van der Waals surface area contributed by atoms with E-state index >= 15 is 0 Å². The highest BCUT2D eigenvalue weighted by Crippen LogP contribution is 2.55. The Morgan fingerprint density at radius 3 is 2.53 bits per heavy atom. The predicted molar refractivity (Wildman–Crippen MR) is 139 cm³/mol. The molecule has 0 saturated carbocycles. The second-order valence-corrected chi connectivity index (χ2v) is 10.4. The van der Waals surface area contributed by atoms with Crippen LogP contribution in [0.5, 0.6) is 11.5 Å². The van der Waals surface area contributed by atoms with E-state index in [-0.39, 0.29) is 25.3 Å². The smallest absolute Gasteiger partial charge is 0.250 e. The van der Waals surface area contributed by atoms with Crippen LogP contribution in [0.2, 0.25) is 5.02 Å². The number of aryl methyl sites for hydroxylation is 1. The summed E-state index contributed by atoms with van der Waals surface area (Å²) in [5.41, 5.74) is 6.53. The van der Waals surface area contributed by atoms with Gasteiger partial charge in [0, 0.05) is 24.6 Å². The maximum absolute atomic E-state index is 13.9. The minimum atomic E-state index is -1.48. The van der Waals surface area contributed by atoms with Gasteiger partial charge in [-0.15, -0.1) is 0 Å². The number of amides is 4. The number of hydrogen-bond acceptors (Lipinski definition) is 7. The van der Waals surface area contributed by atoms with Gasteiger partial charge in [0.15, 0.2) is 11.5 Å². The Morgan fingerprint density at radius 1 is 1.11 bits per heavy atom. The molecule has 38 heavy (non-hydrogen) atoms. The van der Waals surface area contributed by atoms with Crippen LogP contribution in [0.1, 0.15) is 29.5 Å². The number of anilines is 1. The summed E-state index contributed by atoms with van der Waals surface area (Å²) in [6.45, 7) is 1.97. The molecule has 2 aromatic carbocycles. The van der Waals surface area contributed by atoms with Crippen molar-refractivity contribution in [2.45, 2.75) is 37.8 Å². The van der Waals surface area contributed by atoms with Crippen LogP contribution in [0.15, 0.2) is 30.3 Å². The van der Waals surface area contributed by atoms with Gasteiger partial charge in [-0.1, -0.05) is 23.7 Å². The number of carbonyl (C=O) groups is 4. The van der Waals surface area contributed by atoms with Crippen molar-refractivity contribution in [1.29, 1.82) is 0 Å². The zero-order valence-corrected chi connectivity index (χ0v) is 22.1. The van der Waals surface area contributed by atoms with Crippen LogP contribution in [-0.4, -0.2) is 55.3 Å². The highest BCUT2D eigenvalue weighted by atomic mass is 35.5. The molecule has 4 N–H and O–H groups in total. The SMILES string of the molecule is COc1ccc(CCN2C(=O)[C@@H]3[C@H](CCC(N)=O)N[C@]4(C(=O)Nc5c(Cl)cc(C)cc54)[C@H]3C2=O)cc1OC. The largest absolute Gasteiger partial charge is 0.493 e. The Morgan fingerprint density at radius 2 is 1.84 bits per heavy atom. The lowest BCUT2D eigenvalue weighted by molar-refractivity contribution is -0.142. The molecule has 3 heterocycles. The van der Waals surface area contributed by atoms with Crippen molar-refractivity contribution in [1.82, 2.24) is 10.2 Å². The van der Waals surface area contributed by atoms with Gasteiger partial charge in [-0.3, -0.25) is 29.4 Å². The summed E-state index contributed by atoms with van der Waals surface area (Å²) in [6.07, 6.45) is 0.605. The molecule has 0 radical (unpaired) electrons. The van der Waals surface area contributed by atoms with Crippen LogP contribution >= 0.6 is 11.6 Å². The van der Waals surface area contributed by atoms with Crippen molar-refractivity contribution in [2.24, 2.45) is 17.6 Å². The molecule has 2 fully saturated rings. The zero-order chi connectivity index (χ0) is 27.4. The highest BCUT2D eigenvalue weighted by molar-refractivity contribution is 6.35. The monoisotopic (exact) mass is 540 g/mol. The van der Waals surface area contributed by atoms with Crippen LogP contribution in [-0.2, 0) is 31.1 Å². The molecule has 200 valence electrons. The first-order valence-corrected chi connectivity index (χ1v) is 12.7. The van der Waals surface area contributed by atoms with Crippen molar-refractivity contribution in [3.8, 4) is 11.5 Å². The maximum atomic E-state index is 13.9. The van der Waals surface area contributed by atoms with Crippen molar-refractivity contribution in [3.63, 3.8) is 0 Å². The van der Waals surface area contributed by atoms with Gasteiger partial charge in [0.05, 0.1) is 36.8 Å². The topological polar surface area (TPSA) is 140 Å². The molecular weight excluding hydrogens is 512 g/mol. The van der Waals surface area contributed by atoms with E-state index in [0.29, 0.717) is 34.2 Å². The third-order valence-corrected chi connectivity index (χ3v) is 8.08. The third-order valence-electron chi connectivity index (χ3n) is 7.79. The summed E-state index contributed by atoms with van der Waals surface area (Å²) >= 11 is 6.46. The van der Waals surface area contributed by atoms with E-state index < -0.39 is 41.1 Å². The number of carbonyl (C=O) groups excluding carboxylic acids is 4. The van der Waals surface area contributed by atoms with E-state index in [4.69, 9.17) is 26.8 Å². The Kier molecular flexibility index (Phi) is 6.56. The standard InChI is InChI=1S/C27H29ClN4O6/c1-13-10-15-23(16(28)11-13)30-26(36)27(15)22-21(17(31-27)5-7-20(29)33)24(34)32(25(22)35)9-8-14-4-6-18(37-2)19(12-14)38-3/h4,6,10-12,17,21-22,31H,5,7-9H2,1-3H3,(H2,29,33)(H,30,36)/t17-,21+,22+,27-/m0/s1. The molecule has 10 nitrogen and oxygen atoms in total. The number of benzene rings is 2. The van der Waals surface area contributed by atoms with Crippen molar-refractivity contribution < 1.29 is 28.7 Å². The molecule has 4 atom stereocenters. The molecule has 0 unspecified atom stereocenters. The highest BCUT2D eigenvalue weighted by Gasteiger charge is 2.70. The van der Waals surface area contributed by atoms with Gasteiger partial charge >= 0.3 is 0 Å². The summed E-state index contributed by atoms with van der Waals surface area (Å²) < 4.78 is 10.6. The molecule has 3 aliphatic heterocycles. The fourth-order valence-electron chi connectivity index (χ4n) is 6.10. The predicted octanol–water partition coefficient (Wildman–Crippen LogP) is 1.89. The number of ether oxygens (including phenoxy) is 2. The van der Waals surface area contributed by atoms with Crippen LogP contribution in [0, 0.1) is 18.8 Å². The number of hydrogen-bond donors (Lipinski definition) is 3. The summed E-state index contributed by atoms with van der Waals surface area (Å²) in [5, 5.41) is 6.47. The van der Waals surface area contributed by atoms with Crippen molar-refractivity contribution >= 4 is 40.9 Å². The number of imide groups is 1. The number of methoxy groups -OCH3 is 2. The summed E-state index contributed by atoms with van der Waals surface area (Å²) in [5.74, 6) is -2.48. The molecule has 5 rings (SSSR count). The number of primary amides is 1. The zero-order valence-electron chi connectivity index (χ0n) is 21.3. The Bertz CT molecular complexity index is 1360. The Balaban J connectivity index is 1.50. The van der Waals surface area contributed by atoms with Gasteiger partial charge in [-0.25, -0.2) is 0 Å². The fourth-order valence-corrected chi connectivity index (χ4v) is 6.42. The first-order chi connectivity index (χ1) is 18.1. The summed E-state index contributed by atoms with van der Waals surface area (Å²) in [6, 6.07) is 8.34. The first-order valence-electron chi connectivity index (χ1n) is 12.4. The van der Waals surface area contributed by atoms with Gasteiger partial charge in [0.25, 0.3) is 0 Å². The number of rotatable bonds is 8. The number of nitrogens with one attached hydrogen (secondary N) is 2. The number of nitrogens with two attached hydrogens (primary N) is 1. The summed E-state index contributed by atoms with van der Waals surface area (Å²) in [7, 11) is 3.08. The molecule has 0 aliphatic carbocycles. The van der Waals surface area contributed by atoms with E-state index in [1.807, 2.05) is 19.1 Å². The van der Waals surface area contributed by atoms with Crippen molar-refractivity contribution in [2.75, 3.05) is 26.1 Å². The average molecular weight is 541 g/mol. The molecule has 11 heteroatoms. The minimum absolute atomic E-state index is 0.00707. The van der Waals surface area contributed by atoms with Gasteiger partial charge in [0.2, 0.25) is 23.6 Å². The second-order valence-electron chi connectivity index (χ2n) is 9.96.